The number of alkyl halides is 3. The molecule has 1 aromatic carbocycles. The normalized spacial score (nSPS) is 12.0. The zero-order valence-electron chi connectivity index (χ0n) is 12.5. The highest BCUT2D eigenvalue weighted by Gasteiger charge is 2.35. The lowest BCUT2D eigenvalue weighted by Crippen LogP contribution is -2.12. The molecule has 0 radical (unpaired) electrons. The van der Waals surface area contributed by atoms with Gasteiger partial charge < -0.3 is 9.84 Å². The van der Waals surface area contributed by atoms with Gasteiger partial charge >= 0.3 is 6.18 Å². The summed E-state index contributed by atoms with van der Waals surface area (Å²) in [7, 11) is 1.34. The van der Waals surface area contributed by atoms with Crippen LogP contribution >= 0.6 is 0 Å². The average Bonchev–Trinajstić information content (AvgIpc) is 2.84. The van der Waals surface area contributed by atoms with E-state index in [9.17, 15) is 18.3 Å². The summed E-state index contributed by atoms with van der Waals surface area (Å²) in [6.07, 6.45) is -4.51. The van der Waals surface area contributed by atoms with Crippen LogP contribution in [0.15, 0.2) is 24.3 Å². The molecule has 0 fully saturated rings. The Labute approximate surface area is 126 Å². The first-order chi connectivity index (χ1) is 10.3. The Kier molecular flexibility index (Phi) is 4.46. The molecule has 2 rings (SSSR count). The summed E-state index contributed by atoms with van der Waals surface area (Å²) in [5.74, 6) is 0.0539. The molecule has 0 amide bonds. The van der Waals surface area contributed by atoms with Gasteiger partial charge in [-0.3, -0.25) is 0 Å². The molecule has 1 heterocycles. The number of aliphatic hydroxyl groups excluding tert-OH is 1. The van der Waals surface area contributed by atoms with Crippen LogP contribution in [-0.2, 0) is 12.8 Å². The number of rotatable bonds is 4. The fraction of sp³-hybridized carbons (Fsp3) is 0.400. The number of aliphatic hydroxyl groups is 1. The highest BCUT2D eigenvalue weighted by molar-refractivity contribution is 5.47. The van der Waals surface area contributed by atoms with Gasteiger partial charge in [0.25, 0.3) is 0 Å². The minimum atomic E-state index is -4.51. The fourth-order valence-electron chi connectivity index (χ4n) is 2.33. The number of aromatic nitrogens is 2. The number of benzene rings is 1. The van der Waals surface area contributed by atoms with Gasteiger partial charge in [-0.2, -0.15) is 23.0 Å². The SMILES string of the molecule is COc1c(CO)c(C(C)C)nn1-c1ccccc1C(F)(F)F. The molecule has 0 spiro atoms. The molecule has 4 nitrogen and oxygen atoms in total. The maximum Gasteiger partial charge on any atom is 0.418 e. The van der Waals surface area contributed by atoms with Gasteiger partial charge in [-0.05, 0) is 18.1 Å². The molecule has 2 aromatic rings. The quantitative estimate of drug-likeness (QED) is 0.939. The van der Waals surface area contributed by atoms with Crippen LogP contribution in [0, 0.1) is 0 Å². The molecular weight excluding hydrogens is 297 g/mol. The van der Waals surface area contributed by atoms with Crippen molar-refractivity contribution in [3.63, 3.8) is 0 Å². The Balaban J connectivity index is 2.74. The zero-order chi connectivity index (χ0) is 16.5. The lowest BCUT2D eigenvalue weighted by atomic mass is 10.1. The fourth-order valence-corrected chi connectivity index (χ4v) is 2.33. The van der Waals surface area contributed by atoms with Crippen molar-refractivity contribution in [3.8, 4) is 11.6 Å². The molecule has 1 aromatic heterocycles. The number of hydrogen-bond acceptors (Lipinski definition) is 3. The molecule has 0 aliphatic rings. The summed E-state index contributed by atoms with van der Waals surface area (Å²) in [6.45, 7) is 3.34. The molecular formula is C15H17F3N2O2. The molecule has 1 N–H and O–H groups in total. The van der Waals surface area contributed by atoms with Gasteiger partial charge in [0, 0.05) is 0 Å². The Hall–Kier alpha value is -2.02. The van der Waals surface area contributed by atoms with Crippen molar-refractivity contribution in [2.45, 2.75) is 32.5 Å². The minimum absolute atomic E-state index is 0.0599. The number of para-hydroxylation sites is 1. The van der Waals surface area contributed by atoms with Crippen molar-refractivity contribution in [3.05, 3.63) is 41.1 Å². The summed E-state index contributed by atoms with van der Waals surface area (Å²) in [5, 5.41) is 13.7. The number of halogens is 3. The molecule has 0 bridgehead atoms. The first-order valence-electron chi connectivity index (χ1n) is 6.74. The summed E-state index contributed by atoms with van der Waals surface area (Å²) in [6, 6.07) is 5.13. The van der Waals surface area contributed by atoms with Crippen LogP contribution in [0.25, 0.3) is 5.69 Å². The molecule has 0 atom stereocenters. The van der Waals surface area contributed by atoms with Crippen molar-refractivity contribution in [1.29, 1.82) is 0 Å². The highest BCUT2D eigenvalue weighted by atomic mass is 19.4. The lowest BCUT2D eigenvalue weighted by Gasteiger charge is -2.14. The average molecular weight is 314 g/mol. The first kappa shape index (κ1) is 16.4. The molecule has 7 heteroatoms. The highest BCUT2D eigenvalue weighted by Crippen LogP contribution is 2.37. The van der Waals surface area contributed by atoms with E-state index in [0.29, 0.717) is 11.3 Å². The summed E-state index contributed by atoms with van der Waals surface area (Å²) >= 11 is 0. The number of ether oxygens (including phenoxy) is 1. The van der Waals surface area contributed by atoms with Gasteiger partial charge in [0.1, 0.15) is 0 Å². The van der Waals surface area contributed by atoms with Crippen molar-refractivity contribution < 1.29 is 23.0 Å². The topological polar surface area (TPSA) is 47.3 Å². The van der Waals surface area contributed by atoms with Crippen molar-refractivity contribution in [2.75, 3.05) is 7.11 Å². The Morgan fingerprint density at radius 2 is 1.91 bits per heavy atom. The summed E-state index contributed by atoms with van der Waals surface area (Å²) in [4.78, 5) is 0. The molecule has 0 saturated heterocycles. The smallest absolute Gasteiger partial charge is 0.418 e. The largest absolute Gasteiger partial charge is 0.481 e. The maximum atomic E-state index is 13.2. The molecule has 0 aliphatic carbocycles. The van der Waals surface area contributed by atoms with Gasteiger partial charge in [0.15, 0.2) is 0 Å². The predicted octanol–water partition coefficient (Wildman–Crippen LogP) is 3.52. The van der Waals surface area contributed by atoms with Crippen LogP contribution in [0.2, 0.25) is 0 Å². The predicted molar refractivity (Wildman–Crippen MR) is 75.1 cm³/mol. The second-order valence-electron chi connectivity index (χ2n) is 5.11. The Morgan fingerprint density at radius 1 is 1.27 bits per heavy atom. The van der Waals surface area contributed by atoms with E-state index in [-0.39, 0.29) is 24.1 Å². The standard InChI is InChI=1S/C15H17F3N2O2/c1-9(2)13-10(8-21)14(22-3)20(19-13)12-7-5-4-6-11(12)15(16,17)18/h4-7,9,21H,8H2,1-3H3. The second kappa shape index (κ2) is 6.00. The minimum Gasteiger partial charge on any atom is -0.481 e. The van der Waals surface area contributed by atoms with Gasteiger partial charge in [0.05, 0.1) is 36.2 Å². The Morgan fingerprint density at radius 3 is 2.41 bits per heavy atom. The van der Waals surface area contributed by atoms with Crippen LogP contribution in [0.5, 0.6) is 5.88 Å². The first-order valence-corrected chi connectivity index (χ1v) is 6.74. The van der Waals surface area contributed by atoms with Crippen LogP contribution in [0.3, 0.4) is 0 Å². The third-order valence-corrected chi connectivity index (χ3v) is 3.30. The molecule has 0 unspecified atom stereocenters. The van der Waals surface area contributed by atoms with E-state index < -0.39 is 11.7 Å². The van der Waals surface area contributed by atoms with Crippen LogP contribution in [0.4, 0.5) is 13.2 Å². The van der Waals surface area contributed by atoms with Crippen molar-refractivity contribution in [2.24, 2.45) is 0 Å². The van der Waals surface area contributed by atoms with Crippen LogP contribution in [0.1, 0.15) is 36.6 Å². The van der Waals surface area contributed by atoms with Crippen LogP contribution in [-0.4, -0.2) is 22.0 Å². The van der Waals surface area contributed by atoms with Crippen LogP contribution < -0.4 is 4.74 Å². The molecule has 0 aliphatic heterocycles. The van der Waals surface area contributed by atoms with E-state index in [4.69, 9.17) is 4.74 Å². The number of methoxy groups -OCH3 is 1. The van der Waals surface area contributed by atoms with E-state index in [1.165, 1.54) is 25.3 Å². The van der Waals surface area contributed by atoms with Gasteiger partial charge in [-0.25, -0.2) is 0 Å². The van der Waals surface area contributed by atoms with E-state index >= 15 is 0 Å². The Bertz CT molecular complexity index is 663. The second-order valence-corrected chi connectivity index (χ2v) is 5.11. The maximum absolute atomic E-state index is 13.2. The summed E-state index contributed by atoms with van der Waals surface area (Å²) < 4.78 is 45.9. The molecule has 0 saturated carbocycles. The van der Waals surface area contributed by atoms with Crippen molar-refractivity contribution in [1.82, 2.24) is 9.78 Å². The van der Waals surface area contributed by atoms with Gasteiger partial charge in [-0.15, -0.1) is 0 Å². The van der Waals surface area contributed by atoms with E-state index in [0.717, 1.165) is 10.7 Å². The monoisotopic (exact) mass is 314 g/mol. The molecule has 120 valence electrons. The third-order valence-electron chi connectivity index (χ3n) is 3.30. The van der Waals surface area contributed by atoms with E-state index in [1.54, 1.807) is 0 Å². The molecule has 22 heavy (non-hydrogen) atoms. The van der Waals surface area contributed by atoms with E-state index in [1.807, 2.05) is 13.8 Å². The number of hydrogen-bond donors (Lipinski definition) is 1. The third kappa shape index (κ3) is 2.81. The van der Waals surface area contributed by atoms with Crippen molar-refractivity contribution >= 4 is 0 Å². The van der Waals surface area contributed by atoms with E-state index in [2.05, 4.69) is 5.10 Å². The van der Waals surface area contributed by atoms with Gasteiger partial charge in [0.2, 0.25) is 5.88 Å². The zero-order valence-corrected chi connectivity index (χ0v) is 12.5. The van der Waals surface area contributed by atoms with Gasteiger partial charge in [-0.1, -0.05) is 26.0 Å². The summed E-state index contributed by atoms with van der Waals surface area (Å²) in [5.41, 5.74) is -0.0325. The number of nitrogens with zero attached hydrogens (tertiary/aromatic N) is 2. The lowest BCUT2D eigenvalue weighted by molar-refractivity contribution is -0.137.